The summed E-state index contributed by atoms with van der Waals surface area (Å²) in [7, 11) is 2.84. The summed E-state index contributed by atoms with van der Waals surface area (Å²) in [5.74, 6) is 0. The van der Waals surface area contributed by atoms with Crippen LogP contribution in [0.15, 0.2) is 29.2 Å². The molecular formula is C7H6N2OS2. The van der Waals surface area contributed by atoms with Gasteiger partial charge in [-0.1, -0.05) is 0 Å². The van der Waals surface area contributed by atoms with Crippen LogP contribution in [0.1, 0.15) is 0 Å². The van der Waals surface area contributed by atoms with Crippen molar-refractivity contribution in [1.29, 1.82) is 0 Å². The zero-order valence-corrected chi connectivity index (χ0v) is 7.67. The number of carbonyl (C=O) groups is 1. The van der Waals surface area contributed by atoms with Crippen LogP contribution in [-0.4, -0.2) is 6.03 Å². The Morgan fingerprint density at radius 1 is 1.17 bits per heavy atom. The predicted molar refractivity (Wildman–Crippen MR) is 52.0 cm³/mol. The van der Waals surface area contributed by atoms with Gasteiger partial charge in [-0.2, -0.15) is 0 Å². The summed E-state index contributed by atoms with van der Waals surface area (Å²) in [5.41, 5.74) is 0.819. The van der Waals surface area contributed by atoms with Crippen LogP contribution in [0.25, 0.3) is 0 Å². The summed E-state index contributed by atoms with van der Waals surface area (Å²) < 4.78 is 2.63. The molecule has 0 saturated carbocycles. The normalized spacial score (nSPS) is 15.5. The first-order valence-corrected chi connectivity index (χ1v) is 5.50. The van der Waals surface area contributed by atoms with E-state index in [9.17, 15) is 4.79 Å². The van der Waals surface area contributed by atoms with Crippen LogP contribution >= 0.6 is 21.8 Å². The molecule has 0 aliphatic carbocycles. The number of benzene rings is 1. The molecule has 2 N–H and O–H groups in total. The highest BCUT2D eigenvalue weighted by atomic mass is 33.1. The molecule has 1 aromatic rings. The van der Waals surface area contributed by atoms with Crippen molar-refractivity contribution in [3.8, 4) is 0 Å². The van der Waals surface area contributed by atoms with Gasteiger partial charge in [0.05, 0.1) is 0 Å². The van der Waals surface area contributed by atoms with Crippen LogP contribution in [-0.2, 0) is 0 Å². The molecule has 2 heterocycles. The molecule has 0 unspecified atom stereocenters. The average Bonchev–Trinajstić information content (AvgIpc) is 2.19. The molecule has 2 aliphatic heterocycles. The van der Waals surface area contributed by atoms with Crippen LogP contribution in [0.5, 0.6) is 0 Å². The highest BCUT2D eigenvalue weighted by Crippen LogP contribution is 2.30. The third-order valence-corrected chi connectivity index (χ3v) is 3.28. The fourth-order valence-corrected chi connectivity index (χ4v) is 2.34. The quantitative estimate of drug-likeness (QED) is 0.497. The summed E-state index contributed by atoms with van der Waals surface area (Å²) in [6.45, 7) is 0. The Labute approximate surface area is 77.8 Å². The molecule has 3 rings (SSSR count). The molecule has 1 aromatic carbocycles. The van der Waals surface area contributed by atoms with Crippen molar-refractivity contribution < 1.29 is 4.79 Å². The molecule has 0 atom stereocenters. The minimum absolute atomic E-state index is 0.181. The molecule has 0 aromatic heterocycles. The average molecular weight is 198 g/mol. The Bertz CT molecular complexity index is 299. The lowest BCUT2D eigenvalue weighted by Crippen LogP contribution is -2.21. The third-order valence-electron chi connectivity index (χ3n) is 1.38. The van der Waals surface area contributed by atoms with Gasteiger partial charge in [-0.25, -0.2) is 4.79 Å². The zero-order valence-electron chi connectivity index (χ0n) is 6.03. The molecule has 0 saturated heterocycles. The lowest BCUT2D eigenvalue weighted by Gasteiger charge is -2.01. The lowest BCUT2D eigenvalue weighted by atomic mass is 10.3. The van der Waals surface area contributed by atoms with Gasteiger partial charge < -0.3 is 5.32 Å². The van der Waals surface area contributed by atoms with Crippen molar-refractivity contribution in [1.82, 2.24) is 4.72 Å². The Morgan fingerprint density at radius 2 is 1.92 bits per heavy atom. The molecule has 62 valence electrons. The number of hydrogen-bond acceptors (Lipinski definition) is 3. The van der Waals surface area contributed by atoms with E-state index in [1.54, 1.807) is 0 Å². The molecule has 2 bridgehead atoms. The van der Waals surface area contributed by atoms with Crippen LogP contribution in [0.4, 0.5) is 10.5 Å². The molecule has 5 heteroatoms. The standard InChI is InChI=1S/C7H6N2OS2/c10-7-8-5-1-3-6(4-2-5)11-12-9-7/h1-4H,(H2,8,9,10). The molecule has 3 nitrogen and oxygen atoms in total. The minimum Gasteiger partial charge on any atom is -0.307 e. The Kier molecular flexibility index (Phi) is 2.14. The van der Waals surface area contributed by atoms with Gasteiger partial charge in [0.1, 0.15) is 0 Å². The molecule has 0 spiro atoms. The van der Waals surface area contributed by atoms with Crippen molar-refractivity contribution >= 4 is 33.5 Å². The number of carbonyl (C=O) groups excluding carboxylic acids is 1. The summed E-state index contributed by atoms with van der Waals surface area (Å²) in [4.78, 5) is 12.2. The molecule has 12 heavy (non-hydrogen) atoms. The maximum atomic E-state index is 11.0. The van der Waals surface area contributed by atoms with E-state index in [2.05, 4.69) is 10.0 Å². The van der Waals surface area contributed by atoms with Gasteiger partial charge in [0.2, 0.25) is 0 Å². The van der Waals surface area contributed by atoms with Gasteiger partial charge in [0, 0.05) is 21.6 Å². The van der Waals surface area contributed by atoms with Crippen molar-refractivity contribution in [2.45, 2.75) is 4.90 Å². The van der Waals surface area contributed by atoms with Gasteiger partial charge in [-0.3, -0.25) is 4.72 Å². The van der Waals surface area contributed by atoms with E-state index >= 15 is 0 Å². The number of amides is 2. The topological polar surface area (TPSA) is 41.1 Å². The van der Waals surface area contributed by atoms with Crippen molar-refractivity contribution in [3.63, 3.8) is 0 Å². The number of urea groups is 1. The number of hydrogen-bond donors (Lipinski definition) is 2. The first kappa shape index (κ1) is 7.82. The minimum atomic E-state index is -0.181. The van der Waals surface area contributed by atoms with Crippen LogP contribution in [0.3, 0.4) is 0 Å². The fraction of sp³-hybridized carbons (Fsp3) is 0. The second-order valence-electron chi connectivity index (χ2n) is 2.25. The van der Waals surface area contributed by atoms with E-state index in [0.717, 1.165) is 10.6 Å². The first-order chi connectivity index (χ1) is 5.84. The van der Waals surface area contributed by atoms with Crippen LogP contribution in [0, 0.1) is 0 Å². The number of anilines is 1. The predicted octanol–water partition coefficient (Wildman–Crippen LogP) is 2.48. The van der Waals surface area contributed by atoms with E-state index in [4.69, 9.17) is 0 Å². The zero-order chi connectivity index (χ0) is 8.39. The molecule has 0 fully saturated rings. The molecule has 2 amide bonds. The Hall–Kier alpha value is -0.810. The van der Waals surface area contributed by atoms with Crippen molar-refractivity contribution in [3.05, 3.63) is 24.3 Å². The van der Waals surface area contributed by atoms with Gasteiger partial charge in [-0.05, 0) is 35.1 Å². The molecular weight excluding hydrogens is 192 g/mol. The van der Waals surface area contributed by atoms with E-state index in [1.807, 2.05) is 24.3 Å². The first-order valence-electron chi connectivity index (χ1n) is 3.35. The van der Waals surface area contributed by atoms with Gasteiger partial charge in [-0.15, -0.1) is 0 Å². The summed E-state index contributed by atoms with van der Waals surface area (Å²) in [5, 5.41) is 2.69. The SMILES string of the molecule is O=C1NSSc2ccc(cc2)N1. The highest BCUT2D eigenvalue weighted by Gasteiger charge is 2.05. The lowest BCUT2D eigenvalue weighted by molar-refractivity contribution is 0.257. The maximum Gasteiger partial charge on any atom is 0.329 e. The van der Waals surface area contributed by atoms with Crippen LogP contribution < -0.4 is 10.0 Å². The monoisotopic (exact) mass is 198 g/mol. The van der Waals surface area contributed by atoms with E-state index in [-0.39, 0.29) is 6.03 Å². The number of fused-ring (bicyclic) bond motifs is 6. The maximum absolute atomic E-state index is 11.0. The second-order valence-corrected chi connectivity index (χ2v) is 4.26. The van der Waals surface area contributed by atoms with E-state index in [0.29, 0.717) is 0 Å². The molecule has 0 radical (unpaired) electrons. The van der Waals surface area contributed by atoms with Gasteiger partial charge in [0.25, 0.3) is 0 Å². The highest BCUT2D eigenvalue weighted by molar-refractivity contribution is 8.76. The van der Waals surface area contributed by atoms with Crippen molar-refractivity contribution in [2.75, 3.05) is 5.32 Å². The van der Waals surface area contributed by atoms with Crippen LogP contribution in [0.2, 0.25) is 0 Å². The van der Waals surface area contributed by atoms with E-state index in [1.165, 1.54) is 21.8 Å². The smallest absolute Gasteiger partial charge is 0.307 e. The van der Waals surface area contributed by atoms with Crippen molar-refractivity contribution in [2.24, 2.45) is 0 Å². The number of nitrogens with one attached hydrogen (secondary N) is 2. The van der Waals surface area contributed by atoms with E-state index < -0.39 is 0 Å². The summed E-state index contributed by atoms with van der Waals surface area (Å²) in [6, 6.07) is 7.53. The largest absolute Gasteiger partial charge is 0.329 e. The Balaban J connectivity index is 2.32. The van der Waals surface area contributed by atoms with Gasteiger partial charge in [0.15, 0.2) is 0 Å². The molecule has 2 aliphatic rings. The second kappa shape index (κ2) is 3.28. The fourth-order valence-electron chi connectivity index (χ4n) is 0.857. The third kappa shape index (κ3) is 1.67. The van der Waals surface area contributed by atoms with Gasteiger partial charge >= 0.3 is 6.03 Å². The number of rotatable bonds is 0. The summed E-state index contributed by atoms with van der Waals surface area (Å²) >= 11 is 0. The summed E-state index contributed by atoms with van der Waals surface area (Å²) in [6.07, 6.45) is 0. The Morgan fingerprint density at radius 3 is 2.67 bits per heavy atom.